The number of hydrogen-bond acceptors (Lipinski definition) is 3. The lowest BCUT2D eigenvalue weighted by Gasteiger charge is -2.14. The number of carboxylic acids is 1. The van der Waals surface area contributed by atoms with Gasteiger partial charge in [-0.05, 0) is 32.2 Å². The van der Waals surface area contributed by atoms with E-state index in [4.69, 9.17) is 10.8 Å². The molecule has 0 aliphatic heterocycles. The van der Waals surface area contributed by atoms with Crippen LogP contribution in [0, 0.1) is 0 Å². The number of carbonyl (C=O) groups is 2. The van der Waals surface area contributed by atoms with Gasteiger partial charge in [0.15, 0.2) is 0 Å². The molecule has 0 spiro atoms. The molecule has 5 nitrogen and oxygen atoms in total. The van der Waals surface area contributed by atoms with Crippen molar-refractivity contribution in [1.82, 2.24) is 5.32 Å². The van der Waals surface area contributed by atoms with Crippen LogP contribution in [0.4, 0.5) is 0 Å². The number of aliphatic carboxylic acids is 1. The maximum absolute atomic E-state index is 11.7. The molecule has 0 fully saturated rings. The second kappa shape index (κ2) is 13.9. The molecule has 21 heavy (non-hydrogen) atoms. The van der Waals surface area contributed by atoms with E-state index in [1.807, 2.05) is 0 Å². The Bertz CT molecular complexity index is 283. The van der Waals surface area contributed by atoms with Crippen LogP contribution >= 0.6 is 0 Å². The van der Waals surface area contributed by atoms with Crippen LogP contribution in [0.2, 0.25) is 0 Å². The minimum absolute atomic E-state index is 0.149. The van der Waals surface area contributed by atoms with Gasteiger partial charge in [0, 0.05) is 6.42 Å². The monoisotopic (exact) mass is 300 g/mol. The van der Waals surface area contributed by atoms with Crippen molar-refractivity contribution in [2.45, 2.75) is 83.6 Å². The molecule has 0 aromatic heterocycles. The van der Waals surface area contributed by atoms with Crippen LogP contribution in [0.15, 0.2) is 0 Å². The SMILES string of the molecule is CCCCCCCCCC(=O)NC(CCCCN)C(=O)O. The Morgan fingerprint density at radius 2 is 1.62 bits per heavy atom. The summed E-state index contributed by atoms with van der Waals surface area (Å²) in [4.78, 5) is 22.8. The van der Waals surface area contributed by atoms with Gasteiger partial charge in [-0.1, -0.05) is 45.4 Å². The van der Waals surface area contributed by atoms with Gasteiger partial charge in [0.1, 0.15) is 6.04 Å². The van der Waals surface area contributed by atoms with Gasteiger partial charge in [0.05, 0.1) is 0 Å². The summed E-state index contributed by atoms with van der Waals surface area (Å²) in [6.07, 6.45) is 10.5. The van der Waals surface area contributed by atoms with Crippen LogP contribution < -0.4 is 11.1 Å². The molecule has 0 aromatic rings. The fraction of sp³-hybridized carbons (Fsp3) is 0.875. The first-order valence-electron chi connectivity index (χ1n) is 8.34. The van der Waals surface area contributed by atoms with Crippen molar-refractivity contribution in [3.8, 4) is 0 Å². The second-order valence-corrected chi connectivity index (χ2v) is 5.61. The van der Waals surface area contributed by atoms with Gasteiger partial charge in [-0.3, -0.25) is 4.79 Å². The number of carbonyl (C=O) groups excluding carboxylic acids is 1. The van der Waals surface area contributed by atoms with E-state index < -0.39 is 12.0 Å². The molecule has 0 heterocycles. The highest BCUT2D eigenvalue weighted by atomic mass is 16.4. The Kier molecular flexibility index (Phi) is 13.1. The second-order valence-electron chi connectivity index (χ2n) is 5.61. The maximum atomic E-state index is 11.7. The Balaban J connectivity index is 3.70. The summed E-state index contributed by atoms with van der Waals surface area (Å²) in [6, 6.07) is -0.770. The van der Waals surface area contributed by atoms with Crippen molar-refractivity contribution in [2.75, 3.05) is 6.54 Å². The standard InChI is InChI=1S/C16H32N2O3/c1-2-3-4-5-6-7-8-12-15(19)18-14(16(20)21)11-9-10-13-17/h14H,2-13,17H2,1H3,(H,18,19)(H,20,21). The third kappa shape index (κ3) is 12.4. The summed E-state index contributed by atoms with van der Waals surface area (Å²) >= 11 is 0. The van der Waals surface area contributed by atoms with Crippen LogP contribution in [-0.2, 0) is 9.59 Å². The molecule has 0 aliphatic rings. The number of unbranched alkanes of at least 4 members (excludes halogenated alkanes) is 7. The molecular formula is C16H32N2O3. The molecule has 1 unspecified atom stereocenters. The molecule has 0 aliphatic carbocycles. The van der Waals surface area contributed by atoms with E-state index in [1.54, 1.807) is 0 Å². The molecule has 0 rings (SSSR count). The molecular weight excluding hydrogens is 268 g/mol. The predicted octanol–water partition coefficient (Wildman–Crippen LogP) is 2.83. The maximum Gasteiger partial charge on any atom is 0.326 e. The number of carboxylic acid groups (broad SMARTS) is 1. The largest absolute Gasteiger partial charge is 0.480 e. The lowest BCUT2D eigenvalue weighted by atomic mass is 10.1. The van der Waals surface area contributed by atoms with E-state index >= 15 is 0 Å². The molecule has 5 heteroatoms. The van der Waals surface area contributed by atoms with Crippen LogP contribution in [0.25, 0.3) is 0 Å². The number of nitrogens with one attached hydrogen (secondary N) is 1. The quantitative estimate of drug-likeness (QED) is 0.430. The van der Waals surface area contributed by atoms with Gasteiger partial charge in [0.25, 0.3) is 0 Å². The minimum atomic E-state index is -0.958. The van der Waals surface area contributed by atoms with Crippen LogP contribution in [-0.4, -0.2) is 29.6 Å². The first-order valence-corrected chi connectivity index (χ1v) is 8.34. The van der Waals surface area contributed by atoms with E-state index in [9.17, 15) is 9.59 Å². The number of rotatable bonds is 14. The molecule has 1 amide bonds. The van der Waals surface area contributed by atoms with Crippen LogP contribution in [0.1, 0.15) is 77.6 Å². The zero-order chi connectivity index (χ0) is 15.9. The molecule has 0 radical (unpaired) electrons. The van der Waals surface area contributed by atoms with Crippen molar-refractivity contribution >= 4 is 11.9 Å². The van der Waals surface area contributed by atoms with Crippen molar-refractivity contribution in [3.05, 3.63) is 0 Å². The summed E-state index contributed by atoms with van der Waals surface area (Å²) in [5.41, 5.74) is 5.38. The smallest absolute Gasteiger partial charge is 0.326 e. The third-order valence-corrected chi connectivity index (χ3v) is 3.59. The highest BCUT2D eigenvalue weighted by Crippen LogP contribution is 2.09. The predicted molar refractivity (Wildman–Crippen MR) is 85.1 cm³/mol. The summed E-state index contributed by atoms with van der Waals surface area (Å²) in [5, 5.41) is 11.7. The van der Waals surface area contributed by atoms with E-state index in [2.05, 4.69) is 12.2 Å². The highest BCUT2D eigenvalue weighted by Gasteiger charge is 2.18. The Labute approximate surface area is 128 Å². The van der Waals surface area contributed by atoms with Crippen molar-refractivity contribution < 1.29 is 14.7 Å². The van der Waals surface area contributed by atoms with E-state index in [0.29, 0.717) is 19.4 Å². The Morgan fingerprint density at radius 3 is 2.19 bits per heavy atom. The molecule has 4 N–H and O–H groups in total. The summed E-state index contributed by atoms with van der Waals surface area (Å²) in [7, 11) is 0. The Hall–Kier alpha value is -1.10. The average molecular weight is 300 g/mol. The topological polar surface area (TPSA) is 92.4 Å². The van der Waals surface area contributed by atoms with Gasteiger partial charge < -0.3 is 16.2 Å². The first-order chi connectivity index (χ1) is 10.1. The summed E-state index contributed by atoms with van der Waals surface area (Å²) < 4.78 is 0. The summed E-state index contributed by atoms with van der Waals surface area (Å²) in [6.45, 7) is 2.75. The summed E-state index contributed by atoms with van der Waals surface area (Å²) in [5.74, 6) is -1.11. The number of nitrogens with two attached hydrogens (primary N) is 1. The normalized spacial score (nSPS) is 12.1. The lowest BCUT2D eigenvalue weighted by molar-refractivity contribution is -0.142. The fourth-order valence-electron chi connectivity index (χ4n) is 2.26. The molecule has 0 saturated carbocycles. The van der Waals surface area contributed by atoms with Gasteiger partial charge >= 0.3 is 5.97 Å². The lowest BCUT2D eigenvalue weighted by Crippen LogP contribution is -2.40. The molecule has 0 bridgehead atoms. The first kappa shape index (κ1) is 19.9. The molecule has 0 saturated heterocycles. The van der Waals surface area contributed by atoms with Gasteiger partial charge in [-0.2, -0.15) is 0 Å². The highest BCUT2D eigenvalue weighted by molar-refractivity contribution is 5.83. The van der Waals surface area contributed by atoms with Crippen LogP contribution in [0.5, 0.6) is 0 Å². The zero-order valence-corrected chi connectivity index (χ0v) is 13.4. The number of amides is 1. The minimum Gasteiger partial charge on any atom is -0.480 e. The average Bonchev–Trinajstić information content (AvgIpc) is 2.45. The third-order valence-electron chi connectivity index (χ3n) is 3.59. The van der Waals surface area contributed by atoms with Crippen LogP contribution in [0.3, 0.4) is 0 Å². The zero-order valence-electron chi connectivity index (χ0n) is 13.4. The van der Waals surface area contributed by atoms with Crippen molar-refractivity contribution in [3.63, 3.8) is 0 Å². The van der Waals surface area contributed by atoms with Crippen molar-refractivity contribution in [2.24, 2.45) is 5.73 Å². The fourth-order valence-corrected chi connectivity index (χ4v) is 2.26. The Morgan fingerprint density at radius 1 is 1.00 bits per heavy atom. The van der Waals surface area contributed by atoms with E-state index in [0.717, 1.165) is 32.1 Å². The van der Waals surface area contributed by atoms with Gasteiger partial charge in [-0.25, -0.2) is 4.79 Å². The molecule has 0 aromatic carbocycles. The van der Waals surface area contributed by atoms with Gasteiger partial charge in [0.2, 0.25) is 5.91 Å². The van der Waals surface area contributed by atoms with Gasteiger partial charge in [-0.15, -0.1) is 0 Å². The van der Waals surface area contributed by atoms with E-state index in [1.165, 1.54) is 25.7 Å². The molecule has 124 valence electrons. The van der Waals surface area contributed by atoms with Crippen molar-refractivity contribution in [1.29, 1.82) is 0 Å². The van der Waals surface area contributed by atoms with E-state index in [-0.39, 0.29) is 5.91 Å². The molecule has 1 atom stereocenters. The number of hydrogen-bond donors (Lipinski definition) is 3.